The normalized spacial score (nSPS) is 10.5. The number of hydroxylamine groups is 1. The van der Waals surface area contributed by atoms with Gasteiger partial charge in [-0.2, -0.15) is 0 Å². The van der Waals surface area contributed by atoms with Crippen LogP contribution >= 0.6 is 23.2 Å². The summed E-state index contributed by atoms with van der Waals surface area (Å²) in [4.78, 5) is 25.7. The molecule has 3 aromatic carbocycles. The summed E-state index contributed by atoms with van der Waals surface area (Å²) < 4.78 is 0. The van der Waals surface area contributed by atoms with Crippen molar-refractivity contribution in [2.45, 2.75) is 6.54 Å². The van der Waals surface area contributed by atoms with Gasteiger partial charge in [-0.05, 0) is 59.2 Å². The lowest BCUT2D eigenvalue weighted by molar-refractivity contribution is 0.0706. The number of anilines is 1. The van der Waals surface area contributed by atoms with Crippen molar-refractivity contribution >= 4 is 40.7 Å². The zero-order valence-corrected chi connectivity index (χ0v) is 18.5. The predicted molar refractivity (Wildman–Crippen MR) is 123 cm³/mol. The number of nitrogens with one attached hydrogen (secondary N) is 2. The van der Waals surface area contributed by atoms with E-state index in [-0.39, 0.29) is 5.91 Å². The van der Waals surface area contributed by atoms with Crippen molar-refractivity contribution in [3.63, 3.8) is 0 Å². The van der Waals surface area contributed by atoms with Crippen molar-refractivity contribution in [1.82, 2.24) is 10.4 Å². The first-order valence-electron chi connectivity index (χ1n) is 9.38. The SMILES string of the molecule is CN(C)C(=O)c1cc(NCc2ccc(Cl)cc2Cl)cc(-c2ccc(C(=O)NO)cc2)c1. The van der Waals surface area contributed by atoms with E-state index in [9.17, 15) is 9.59 Å². The minimum Gasteiger partial charge on any atom is -0.381 e. The third-order valence-electron chi connectivity index (χ3n) is 4.67. The van der Waals surface area contributed by atoms with E-state index in [1.807, 2.05) is 12.1 Å². The minimum atomic E-state index is -0.592. The van der Waals surface area contributed by atoms with E-state index in [4.69, 9.17) is 28.4 Å². The first kappa shape index (κ1) is 22.6. The van der Waals surface area contributed by atoms with Crippen molar-refractivity contribution in [2.24, 2.45) is 0 Å². The molecule has 0 radical (unpaired) electrons. The van der Waals surface area contributed by atoms with Gasteiger partial charge in [0, 0.05) is 47.5 Å². The number of carbonyl (C=O) groups excluding carboxylic acids is 2. The molecule has 0 atom stereocenters. The van der Waals surface area contributed by atoms with Crippen molar-refractivity contribution in [3.05, 3.63) is 87.4 Å². The fraction of sp³-hybridized carbons (Fsp3) is 0.130. The Kier molecular flexibility index (Phi) is 7.17. The fourth-order valence-electron chi connectivity index (χ4n) is 3.02. The highest BCUT2D eigenvalue weighted by Gasteiger charge is 2.13. The lowest BCUT2D eigenvalue weighted by Crippen LogP contribution is -2.21. The topological polar surface area (TPSA) is 81.7 Å². The number of nitrogens with zero attached hydrogens (tertiary/aromatic N) is 1. The Labute approximate surface area is 190 Å². The number of amides is 2. The van der Waals surface area contributed by atoms with Gasteiger partial charge in [-0.25, -0.2) is 5.48 Å². The second-order valence-electron chi connectivity index (χ2n) is 7.11. The summed E-state index contributed by atoms with van der Waals surface area (Å²) in [5.74, 6) is -0.726. The minimum absolute atomic E-state index is 0.134. The molecule has 3 aromatic rings. The molecule has 0 saturated carbocycles. The van der Waals surface area contributed by atoms with Gasteiger partial charge in [0.2, 0.25) is 0 Å². The van der Waals surface area contributed by atoms with Crippen LogP contribution in [0.4, 0.5) is 5.69 Å². The molecule has 0 fully saturated rings. The molecule has 0 unspecified atom stereocenters. The Bertz CT molecular complexity index is 1120. The summed E-state index contributed by atoms with van der Waals surface area (Å²) in [6.07, 6.45) is 0. The molecule has 0 saturated heterocycles. The largest absolute Gasteiger partial charge is 0.381 e. The average molecular weight is 458 g/mol. The van der Waals surface area contributed by atoms with Crippen LogP contribution in [0.5, 0.6) is 0 Å². The van der Waals surface area contributed by atoms with Crippen LogP contribution in [0.25, 0.3) is 11.1 Å². The van der Waals surface area contributed by atoms with Crippen molar-refractivity contribution < 1.29 is 14.8 Å². The Morgan fingerprint density at radius 2 is 1.61 bits per heavy atom. The van der Waals surface area contributed by atoms with Crippen molar-refractivity contribution in [1.29, 1.82) is 0 Å². The van der Waals surface area contributed by atoms with E-state index in [1.165, 1.54) is 4.90 Å². The molecule has 0 bridgehead atoms. The molecule has 2 amide bonds. The van der Waals surface area contributed by atoms with E-state index < -0.39 is 5.91 Å². The highest BCUT2D eigenvalue weighted by Crippen LogP contribution is 2.27. The molecule has 3 N–H and O–H groups in total. The molecule has 0 aromatic heterocycles. The van der Waals surface area contributed by atoms with Gasteiger partial charge in [-0.3, -0.25) is 14.8 Å². The number of hydrogen-bond acceptors (Lipinski definition) is 4. The summed E-state index contributed by atoms with van der Waals surface area (Å²) in [6, 6.07) is 17.5. The summed E-state index contributed by atoms with van der Waals surface area (Å²) in [6.45, 7) is 0.449. The third kappa shape index (κ3) is 5.55. The lowest BCUT2D eigenvalue weighted by Gasteiger charge is -2.15. The maximum absolute atomic E-state index is 12.6. The van der Waals surface area contributed by atoms with E-state index in [2.05, 4.69) is 5.32 Å². The summed E-state index contributed by atoms with van der Waals surface area (Å²) in [5, 5.41) is 13.2. The number of carbonyl (C=O) groups is 2. The first-order chi connectivity index (χ1) is 14.8. The van der Waals surface area contributed by atoms with Crippen LogP contribution < -0.4 is 10.8 Å². The molecule has 6 nitrogen and oxygen atoms in total. The molecular weight excluding hydrogens is 437 g/mol. The molecule has 160 valence electrons. The van der Waals surface area contributed by atoms with Crippen LogP contribution in [-0.2, 0) is 6.54 Å². The van der Waals surface area contributed by atoms with Gasteiger partial charge in [0.1, 0.15) is 0 Å². The fourth-order valence-corrected chi connectivity index (χ4v) is 3.49. The molecule has 31 heavy (non-hydrogen) atoms. The van der Waals surface area contributed by atoms with Crippen LogP contribution in [0.1, 0.15) is 26.3 Å². The standard InChI is InChI=1S/C23H21Cl2N3O3/c1-28(2)23(30)18-9-17(14-3-5-15(6-4-14)22(29)27-31)10-20(11-18)26-13-16-7-8-19(24)12-21(16)25/h3-12,26,31H,13H2,1-2H3,(H,27,29). The van der Waals surface area contributed by atoms with Gasteiger partial charge < -0.3 is 10.2 Å². The van der Waals surface area contributed by atoms with E-state index >= 15 is 0 Å². The quantitative estimate of drug-likeness (QED) is 0.355. The Balaban J connectivity index is 1.94. The maximum atomic E-state index is 12.6. The van der Waals surface area contributed by atoms with Crippen LogP contribution in [0, 0.1) is 0 Å². The van der Waals surface area contributed by atoms with Crippen LogP contribution in [0.3, 0.4) is 0 Å². The predicted octanol–water partition coefficient (Wildman–Crippen LogP) is 5.09. The summed E-state index contributed by atoms with van der Waals surface area (Å²) in [7, 11) is 3.38. The molecule has 0 aliphatic heterocycles. The Morgan fingerprint density at radius 3 is 2.23 bits per heavy atom. The zero-order chi connectivity index (χ0) is 22.5. The molecule has 0 aliphatic carbocycles. The highest BCUT2D eigenvalue weighted by molar-refractivity contribution is 6.35. The number of halogens is 2. The Morgan fingerprint density at radius 1 is 0.903 bits per heavy atom. The molecule has 3 rings (SSSR count). The zero-order valence-electron chi connectivity index (χ0n) is 16.9. The van der Waals surface area contributed by atoms with Gasteiger partial charge in [-0.1, -0.05) is 41.4 Å². The smallest absolute Gasteiger partial charge is 0.274 e. The number of benzene rings is 3. The first-order valence-corrected chi connectivity index (χ1v) is 10.1. The second-order valence-corrected chi connectivity index (χ2v) is 7.95. The van der Waals surface area contributed by atoms with Crippen molar-refractivity contribution in [3.8, 4) is 11.1 Å². The number of hydrogen-bond donors (Lipinski definition) is 3. The molecule has 0 spiro atoms. The van der Waals surface area contributed by atoms with Crippen molar-refractivity contribution in [2.75, 3.05) is 19.4 Å². The van der Waals surface area contributed by atoms with Crippen LogP contribution in [0.2, 0.25) is 10.0 Å². The van der Waals surface area contributed by atoms with Gasteiger partial charge in [0.25, 0.3) is 11.8 Å². The monoisotopic (exact) mass is 457 g/mol. The Hall–Kier alpha value is -3.06. The van der Waals surface area contributed by atoms with Gasteiger partial charge in [0.15, 0.2) is 0 Å². The van der Waals surface area contributed by atoms with Crippen LogP contribution in [0.15, 0.2) is 60.7 Å². The van der Waals surface area contributed by atoms with E-state index in [0.29, 0.717) is 27.7 Å². The second kappa shape index (κ2) is 9.83. The lowest BCUT2D eigenvalue weighted by atomic mass is 10.00. The van der Waals surface area contributed by atoms with Gasteiger partial charge in [-0.15, -0.1) is 0 Å². The number of rotatable bonds is 6. The molecule has 0 heterocycles. The van der Waals surface area contributed by atoms with Crippen LogP contribution in [-0.4, -0.2) is 36.0 Å². The van der Waals surface area contributed by atoms with Gasteiger partial charge >= 0.3 is 0 Å². The molecular formula is C23H21Cl2N3O3. The van der Waals surface area contributed by atoms with E-state index in [1.54, 1.807) is 68.1 Å². The van der Waals surface area contributed by atoms with Gasteiger partial charge in [0.05, 0.1) is 0 Å². The molecule has 0 aliphatic rings. The summed E-state index contributed by atoms with van der Waals surface area (Å²) >= 11 is 12.2. The molecule has 8 heteroatoms. The summed E-state index contributed by atoms with van der Waals surface area (Å²) in [5.41, 5.74) is 5.68. The average Bonchev–Trinajstić information content (AvgIpc) is 2.77. The maximum Gasteiger partial charge on any atom is 0.274 e. The third-order valence-corrected chi connectivity index (χ3v) is 5.25. The highest BCUT2D eigenvalue weighted by atomic mass is 35.5. The van der Waals surface area contributed by atoms with E-state index in [0.717, 1.165) is 22.4 Å².